The SMILES string of the molecule is CC1CN(C/C(N)=N/O)CCCO1. The van der Waals surface area contributed by atoms with Gasteiger partial charge >= 0.3 is 0 Å². The monoisotopic (exact) mass is 187 g/mol. The molecule has 1 rings (SSSR count). The molecule has 0 aromatic carbocycles. The Kier molecular flexibility index (Phi) is 3.98. The zero-order chi connectivity index (χ0) is 9.68. The van der Waals surface area contributed by atoms with E-state index in [1.807, 2.05) is 6.92 Å². The van der Waals surface area contributed by atoms with Crippen molar-refractivity contribution in [2.24, 2.45) is 10.9 Å². The van der Waals surface area contributed by atoms with E-state index in [0.717, 1.165) is 26.1 Å². The van der Waals surface area contributed by atoms with Crippen molar-refractivity contribution in [1.82, 2.24) is 4.90 Å². The normalized spacial score (nSPS) is 27.2. The summed E-state index contributed by atoms with van der Waals surface area (Å²) < 4.78 is 5.46. The number of nitrogens with two attached hydrogens (primary N) is 1. The van der Waals surface area contributed by atoms with Gasteiger partial charge in [-0.25, -0.2) is 0 Å². The molecule has 1 heterocycles. The quantitative estimate of drug-likeness (QED) is 0.273. The third-order valence-corrected chi connectivity index (χ3v) is 2.05. The maximum absolute atomic E-state index is 8.41. The number of hydrogen-bond donors (Lipinski definition) is 2. The molecule has 76 valence electrons. The lowest BCUT2D eigenvalue weighted by Crippen LogP contribution is -2.37. The van der Waals surface area contributed by atoms with Crippen LogP contribution in [0.3, 0.4) is 0 Å². The molecule has 1 fully saturated rings. The topological polar surface area (TPSA) is 71.1 Å². The molecule has 1 saturated heterocycles. The molecule has 5 nitrogen and oxygen atoms in total. The second-order valence-corrected chi connectivity index (χ2v) is 3.36. The summed E-state index contributed by atoms with van der Waals surface area (Å²) in [6, 6.07) is 0. The van der Waals surface area contributed by atoms with Crippen LogP contribution in [-0.2, 0) is 4.74 Å². The molecule has 1 unspecified atom stereocenters. The Balaban J connectivity index is 2.39. The summed E-state index contributed by atoms with van der Waals surface area (Å²) in [5.41, 5.74) is 5.42. The molecule has 0 aromatic rings. The highest BCUT2D eigenvalue weighted by molar-refractivity contribution is 5.81. The Labute approximate surface area is 78.1 Å². The van der Waals surface area contributed by atoms with Crippen LogP contribution in [0.15, 0.2) is 5.16 Å². The highest BCUT2D eigenvalue weighted by atomic mass is 16.5. The average molecular weight is 187 g/mol. The Hall–Kier alpha value is -0.810. The number of nitrogens with zero attached hydrogens (tertiary/aromatic N) is 2. The molecule has 1 atom stereocenters. The molecule has 13 heavy (non-hydrogen) atoms. The minimum absolute atomic E-state index is 0.231. The fraction of sp³-hybridized carbons (Fsp3) is 0.875. The van der Waals surface area contributed by atoms with E-state index >= 15 is 0 Å². The summed E-state index contributed by atoms with van der Waals surface area (Å²) in [6.07, 6.45) is 1.23. The van der Waals surface area contributed by atoms with Gasteiger partial charge in [-0.05, 0) is 13.3 Å². The first-order valence-corrected chi connectivity index (χ1v) is 4.52. The molecular formula is C8H17N3O2. The van der Waals surface area contributed by atoms with Crippen molar-refractivity contribution in [3.63, 3.8) is 0 Å². The van der Waals surface area contributed by atoms with E-state index in [9.17, 15) is 0 Å². The number of hydrogen-bond acceptors (Lipinski definition) is 4. The summed E-state index contributed by atoms with van der Waals surface area (Å²) in [4.78, 5) is 2.13. The van der Waals surface area contributed by atoms with E-state index in [0.29, 0.717) is 6.54 Å². The second kappa shape index (κ2) is 5.04. The summed E-state index contributed by atoms with van der Waals surface area (Å²) in [7, 11) is 0. The minimum Gasteiger partial charge on any atom is -0.409 e. The molecule has 1 aliphatic rings. The smallest absolute Gasteiger partial charge is 0.153 e. The van der Waals surface area contributed by atoms with E-state index in [4.69, 9.17) is 15.7 Å². The van der Waals surface area contributed by atoms with Crippen LogP contribution >= 0.6 is 0 Å². The van der Waals surface area contributed by atoms with E-state index in [1.165, 1.54) is 0 Å². The van der Waals surface area contributed by atoms with Crippen LogP contribution < -0.4 is 5.73 Å². The summed E-state index contributed by atoms with van der Waals surface area (Å²) in [5, 5.41) is 11.4. The van der Waals surface area contributed by atoms with Gasteiger partial charge in [-0.1, -0.05) is 5.16 Å². The van der Waals surface area contributed by atoms with E-state index < -0.39 is 0 Å². The zero-order valence-corrected chi connectivity index (χ0v) is 7.94. The van der Waals surface area contributed by atoms with Gasteiger partial charge in [-0.15, -0.1) is 0 Å². The summed E-state index contributed by atoms with van der Waals surface area (Å²) in [6.45, 7) is 5.14. The van der Waals surface area contributed by atoms with Gasteiger partial charge in [0.05, 0.1) is 12.6 Å². The molecule has 0 aromatic heterocycles. The van der Waals surface area contributed by atoms with Crippen LogP contribution in [0, 0.1) is 0 Å². The third-order valence-electron chi connectivity index (χ3n) is 2.05. The Morgan fingerprint density at radius 3 is 3.23 bits per heavy atom. The molecule has 3 N–H and O–H groups in total. The number of oxime groups is 1. The lowest BCUT2D eigenvalue weighted by Gasteiger charge is -2.20. The molecule has 0 aliphatic carbocycles. The van der Waals surface area contributed by atoms with E-state index in [2.05, 4.69) is 10.1 Å². The molecule has 0 bridgehead atoms. The van der Waals surface area contributed by atoms with Gasteiger partial charge in [0.25, 0.3) is 0 Å². The highest BCUT2D eigenvalue weighted by Crippen LogP contribution is 2.04. The summed E-state index contributed by atoms with van der Waals surface area (Å²) in [5.74, 6) is 0.258. The second-order valence-electron chi connectivity index (χ2n) is 3.36. The van der Waals surface area contributed by atoms with Crippen molar-refractivity contribution in [1.29, 1.82) is 0 Å². The maximum atomic E-state index is 8.41. The van der Waals surface area contributed by atoms with Crippen molar-refractivity contribution >= 4 is 5.84 Å². The molecule has 0 spiro atoms. The van der Waals surface area contributed by atoms with Gasteiger partial charge in [0.15, 0.2) is 5.84 Å². The number of ether oxygens (including phenoxy) is 1. The van der Waals surface area contributed by atoms with Gasteiger partial charge in [0.2, 0.25) is 0 Å². The predicted molar refractivity (Wildman–Crippen MR) is 49.9 cm³/mol. The standard InChI is InChI=1S/C8H17N3O2/c1-7-5-11(3-2-4-13-7)6-8(9)10-12/h7,12H,2-6H2,1H3,(H2,9,10). The summed E-state index contributed by atoms with van der Waals surface area (Å²) >= 11 is 0. The van der Waals surface area contributed by atoms with Crippen LogP contribution in [0.25, 0.3) is 0 Å². The highest BCUT2D eigenvalue weighted by Gasteiger charge is 2.15. The van der Waals surface area contributed by atoms with Gasteiger partial charge in [-0.3, -0.25) is 4.90 Å². The van der Waals surface area contributed by atoms with Crippen molar-refractivity contribution in [3.8, 4) is 0 Å². The largest absolute Gasteiger partial charge is 0.409 e. The first-order chi connectivity index (χ1) is 6.22. The molecule has 0 amide bonds. The van der Waals surface area contributed by atoms with Crippen molar-refractivity contribution in [3.05, 3.63) is 0 Å². The molecule has 5 heteroatoms. The van der Waals surface area contributed by atoms with Crippen LogP contribution in [0.2, 0.25) is 0 Å². The van der Waals surface area contributed by atoms with E-state index in [1.54, 1.807) is 0 Å². The van der Waals surface area contributed by atoms with Gasteiger partial charge in [-0.2, -0.15) is 0 Å². The van der Waals surface area contributed by atoms with Gasteiger partial charge < -0.3 is 15.7 Å². The van der Waals surface area contributed by atoms with Crippen LogP contribution in [-0.4, -0.2) is 48.3 Å². The Morgan fingerprint density at radius 2 is 2.54 bits per heavy atom. The zero-order valence-electron chi connectivity index (χ0n) is 7.94. The van der Waals surface area contributed by atoms with Crippen LogP contribution in [0.4, 0.5) is 0 Å². The first-order valence-electron chi connectivity index (χ1n) is 4.52. The van der Waals surface area contributed by atoms with Crippen molar-refractivity contribution < 1.29 is 9.94 Å². The fourth-order valence-electron chi connectivity index (χ4n) is 1.48. The first kappa shape index (κ1) is 10.3. The van der Waals surface area contributed by atoms with Crippen molar-refractivity contribution in [2.45, 2.75) is 19.4 Å². The molecule has 0 radical (unpaired) electrons. The van der Waals surface area contributed by atoms with Gasteiger partial charge in [0, 0.05) is 19.7 Å². The number of amidine groups is 1. The molecular weight excluding hydrogens is 170 g/mol. The maximum Gasteiger partial charge on any atom is 0.153 e. The van der Waals surface area contributed by atoms with Crippen LogP contribution in [0.5, 0.6) is 0 Å². The lowest BCUT2D eigenvalue weighted by atomic mass is 10.3. The predicted octanol–water partition coefficient (Wildman–Crippen LogP) is -0.156. The van der Waals surface area contributed by atoms with E-state index in [-0.39, 0.29) is 11.9 Å². The average Bonchev–Trinajstić information content (AvgIpc) is 2.30. The van der Waals surface area contributed by atoms with Crippen LogP contribution in [0.1, 0.15) is 13.3 Å². The third kappa shape index (κ3) is 3.61. The number of rotatable bonds is 2. The molecule has 0 saturated carbocycles. The van der Waals surface area contributed by atoms with Crippen molar-refractivity contribution in [2.75, 3.05) is 26.2 Å². The Morgan fingerprint density at radius 1 is 1.77 bits per heavy atom. The fourth-order valence-corrected chi connectivity index (χ4v) is 1.48. The Bertz CT molecular complexity index is 184. The van der Waals surface area contributed by atoms with Gasteiger partial charge in [0.1, 0.15) is 0 Å². The minimum atomic E-state index is 0.231. The lowest BCUT2D eigenvalue weighted by molar-refractivity contribution is 0.0696. The molecule has 1 aliphatic heterocycles.